The highest BCUT2D eigenvalue weighted by atomic mass is 127. The summed E-state index contributed by atoms with van der Waals surface area (Å²) >= 11 is 0. The van der Waals surface area contributed by atoms with Crippen LogP contribution in [0.15, 0.2) is 35.3 Å². The molecule has 26 heavy (non-hydrogen) atoms. The molecule has 2 rings (SSSR count). The molecular weight excluding hydrogens is 443 g/mol. The number of halogens is 1. The second-order valence-corrected chi connectivity index (χ2v) is 6.24. The van der Waals surface area contributed by atoms with Crippen LogP contribution in [-0.2, 0) is 4.74 Å². The van der Waals surface area contributed by atoms with Crippen LogP contribution in [0.3, 0.4) is 0 Å². The average molecular weight is 476 g/mol. The zero-order chi connectivity index (χ0) is 17.7. The normalized spacial score (nSPS) is 16.6. The molecule has 1 aromatic carbocycles. The topological polar surface area (TPSA) is 69.1 Å². The highest BCUT2D eigenvalue weighted by Gasteiger charge is 2.11. The minimum Gasteiger partial charge on any atom is -0.396 e. The van der Waals surface area contributed by atoms with Gasteiger partial charge in [0.05, 0.1) is 26.4 Å². The number of nitrogens with one attached hydrogen (secondary N) is 2. The molecule has 1 aliphatic rings. The van der Waals surface area contributed by atoms with Gasteiger partial charge in [-0.1, -0.05) is 30.3 Å². The number of aliphatic hydroxyl groups is 1. The number of benzene rings is 1. The lowest BCUT2D eigenvalue weighted by Crippen LogP contribution is -2.41. The predicted molar refractivity (Wildman–Crippen MR) is 118 cm³/mol. The van der Waals surface area contributed by atoms with Crippen molar-refractivity contribution < 1.29 is 9.84 Å². The van der Waals surface area contributed by atoms with Gasteiger partial charge >= 0.3 is 0 Å². The Balaban J connectivity index is 0.00000338. The lowest BCUT2D eigenvalue weighted by Gasteiger charge is -2.26. The third-order valence-electron chi connectivity index (χ3n) is 4.35. The summed E-state index contributed by atoms with van der Waals surface area (Å²) in [7, 11) is 0. The third kappa shape index (κ3) is 8.66. The van der Waals surface area contributed by atoms with Gasteiger partial charge in [0.2, 0.25) is 0 Å². The van der Waals surface area contributed by atoms with E-state index in [1.165, 1.54) is 0 Å². The standard InChI is InChI=1S/C19H32N4O2.HI/c1-2-20-19(21-9-6-10-23-11-13-25-14-12-23)22-15-18(16-24)17-7-4-3-5-8-17;/h3-5,7-8,18,24H,2,6,9-16H2,1H3,(H2,20,21,22);1H. The van der Waals surface area contributed by atoms with Gasteiger partial charge in [0.1, 0.15) is 0 Å². The minimum absolute atomic E-state index is 0. The quantitative estimate of drug-likeness (QED) is 0.219. The maximum atomic E-state index is 9.65. The summed E-state index contributed by atoms with van der Waals surface area (Å²) in [4.78, 5) is 7.08. The van der Waals surface area contributed by atoms with E-state index >= 15 is 0 Å². The molecule has 0 aliphatic carbocycles. The van der Waals surface area contributed by atoms with Crippen molar-refractivity contribution >= 4 is 29.9 Å². The Morgan fingerprint density at radius 2 is 1.96 bits per heavy atom. The lowest BCUT2D eigenvalue weighted by molar-refractivity contribution is 0.0376. The molecule has 0 radical (unpaired) electrons. The van der Waals surface area contributed by atoms with Crippen LogP contribution in [0.25, 0.3) is 0 Å². The first-order chi connectivity index (χ1) is 12.3. The number of hydrogen-bond donors (Lipinski definition) is 3. The molecule has 0 amide bonds. The van der Waals surface area contributed by atoms with Gasteiger partial charge in [-0.15, -0.1) is 24.0 Å². The maximum absolute atomic E-state index is 9.65. The van der Waals surface area contributed by atoms with Crippen LogP contribution in [0.2, 0.25) is 0 Å². The molecule has 3 N–H and O–H groups in total. The highest BCUT2D eigenvalue weighted by molar-refractivity contribution is 14.0. The van der Waals surface area contributed by atoms with Gasteiger partial charge in [-0.3, -0.25) is 9.89 Å². The van der Waals surface area contributed by atoms with E-state index in [0.29, 0.717) is 6.54 Å². The SMILES string of the molecule is CCNC(=NCC(CO)c1ccccc1)NCCCN1CCOCC1.I. The second kappa shape index (κ2) is 14.2. The molecule has 6 nitrogen and oxygen atoms in total. The van der Waals surface area contributed by atoms with Crippen LogP contribution in [0.1, 0.15) is 24.8 Å². The predicted octanol–water partition coefficient (Wildman–Crippen LogP) is 1.66. The van der Waals surface area contributed by atoms with E-state index in [-0.39, 0.29) is 36.5 Å². The zero-order valence-corrected chi connectivity index (χ0v) is 18.0. The minimum atomic E-state index is 0. The number of nitrogens with zero attached hydrogens (tertiary/aromatic N) is 2. The number of ether oxygens (including phenoxy) is 1. The van der Waals surface area contributed by atoms with Crippen LogP contribution in [0.4, 0.5) is 0 Å². The first-order valence-electron chi connectivity index (χ1n) is 9.31. The molecule has 1 saturated heterocycles. The Bertz CT molecular complexity index is 496. The largest absolute Gasteiger partial charge is 0.396 e. The van der Waals surface area contributed by atoms with E-state index < -0.39 is 0 Å². The average Bonchev–Trinajstić information content (AvgIpc) is 2.67. The van der Waals surface area contributed by atoms with Crippen LogP contribution in [-0.4, -0.2) is 75.1 Å². The van der Waals surface area contributed by atoms with Gasteiger partial charge in [0.25, 0.3) is 0 Å². The first-order valence-corrected chi connectivity index (χ1v) is 9.31. The van der Waals surface area contributed by atoms with Gasteiger partial charge in [-0.25, -0.2) is 0 Å². The van der Waals surface area contributed by atoms with E-state index in [1.807, 2.05) is 30.3 Å². The Morgan fingerprint density at radius 1 is 1.23 bits per heavy atom. The van der Waals surface area contributed by atoms with E-state index in [9.17, 15) is 5.11 Å². The number of aliphatic hydroxyl groups excluding tert-OH is 1. The zero-order valence-electron chi connectivity index (χ0n) is 15.7. The first kappa shape index (κ1) is 23.1. The molecule has 1 aromatic rings. The van der Waals surface area contributed by atoms with Gasteiger partial charge in [-0.2, -0.15) is 0 Å². The molecule has 1 heterocycles. The number of guanidine groups is 1. The molecule has 1 fully saturated rings. The summed E-state index contributed by atoms with van der Waals surface area (Å²) in [6.45, 7) is 9.28. The number of rotatable bonds is 9. The Kier molecular flexibility index (Phi) is 12.6. The van der Waals surface area contributed by atoms with E-state index in [4.69, 9.17) is 4.74 Å². The van der Waals surface area contributed by atoms with Crippen molar-refractivity contribution in [3.05, 3.63) is 35.9 Å². The van der Waals surface area contributed by atoms with Crippen molar-refractivity contribution in [3.8, 4) is 0 Å². The van der Waals surface area contributed by atoms with E-state index in [0.717, 1.165) is 63.9 Å². The fourth-order valence-corrected chi connectivity index (χ4v) is 2.87. The van der Waals surface area contributed by atoms with Gasteiger partial charge in [-0.05, 0) is 25.5 Å². The van der Waals surface area contributed by atoms with Crippen molar-refractivity contribution in [2.45, 2.75) is 19.3 Å². The molecule has 0 bridgehead atoms. The van der Waals surface area contributed by atoms with Crippen LogP contribution >= 0.6 is 24.0 Å². The summed E-state index contributed by atoms with van der Waals surface area (Å²) in [6, 6.07) is 10.1. The molecule has 1 atom stereocenters. The lowest BCUT2D eigenvalue weighted by atomic mass is 10.0. The van der Waals surface area contributed by atoms with Crippen LogP contribution in [0.5, 0.6) is 0 Å². The van der Waals surface area contributed by atoms with Crippen molar-refractivity contribution in [2.24, 2.45) is 4.99 Å². The third-order valence-corrected chi connectivity index (χ3v) is 4.35. The van der Waals surface area contributed by atoms with Crippen LogP contribution < -0.4 is 10.6 Å². The molecule has 0 saturated carbocycles. The molecular formula is C19H33IN4O2. The van der Waals surface area contributed by atoms with Crippen molar-refractivity contribution in [1.29, 1.82) is 0 Å². The Hall–Kier alpha value is -0.900. The van der Waals surface area contributed by atoms with Crippen molar-refractivity contribution in [3.63, 3.8) is 0 Å². The van der Waals surface area contributed by atoms with E-state index in [1.54, 1.807) is 0 Å². The summed E-state index contributed by atoms with van der Waals surface area (Å²) in [5.41, 5.74) is 1.12. The number of aliphatic imine (C=N–C) groups is 1. The Labute approximate surface area is 174 Å². The smallest absolute Gasteiger partial charge is 0.191 e. The molecule has 0 aromatic heterocycles. The summed E-state index contributed by atoms with van der Waals surface area (Å²) < 4.78 is 5.37. The molecule has 1 aliphatic heterocycles. The maximum Gasteiger partial charge on any atom is 0.191 e. The van der Waals surface area contributed by atoms with Gasteiger partial charge < -0.3 is 20.5 Å². The Morgan fingerprint density at radius 3 is 2.62 bits per heavy atom. The number of hydrogen-bond acceptors (Lipinski definition) is 4. The monoisotopic (exact) mass is 476 g/mol. The molecule has 7 heteroatoms. The fourth-order valence-electron chi connectivity index (χ4n) is 2.87. The second-order valence-electron chi connectivity index (χ2n) is 6.24. The van der Waals surface area contributed by atoms with Crippen molar-refractivity contribution in [1.82, 2.24) is 15.5 Å². The highest BCUT2D eigenvalue weighted by Crippen LogP contribution is 2.14. The molecule has 1 unspecified atom stereocenters. The summed E-state index contributed by atoms with van der Waals surface area (Å²) in [5, 5.41) is 16.3. The van der Waals surface area contributed by atoms with Gasteiger partial charge in [0.15, 0.2) is 5.96 Å². The fraction of sp³-hybridized carbons (Fsp3) is 0.632. The molecule has 148 valence electrons. The summed E-state index contributed by atoms with van der Waals surface area (Å²) in [6.07, 6.45) is 1.08. The molecule has 0 spiro atoms. The summed E-state index contributed by atoms with van der Waals surface area (Å²) in [5.74, 6) is 0.851. The van der Waals surface area contributed by atoms with Crippen LogP contribution in [0, 0.1) is 0 Å². The number of morpholine rings is 1. The van der Waals surface area contributed by atoms with Crippen molar-refractivity contribution in [2.75, 3.05) is 59.1 Å². The van der Waals surface area contributed by atoms with Gasteiger partial charge in [0, 0.05) is 32.1 Å². The van der Waals surface area contributed by atoms with E-state index in [2.05, 4.69) is 27.4 Å².